The van der Waals surface area contributed by atoms with Crippen molar-refractivity contribution in [3.63, 3.8) is 0 Å². The first kappa shape index (κ1) is 13.5. The predicted octanol–water partition coefficient (Wildman–Crippen LogP) is 3.47. The summed E-state index contributed by atoms with van der Waals surface area (Å²) in [6.45, 7) is 1.86. The van der Waals surface area contributed by atoms with Crippen LogP contribution in [0.25, 0.3) is 0 Å². The van der Waals surface area contributed by atoms with Crippen LogP contribution in [0.15, 0.2) is 41.0 Å². The summed E-state index contributed by atoms with van der Waals surface area (Å²) in [5.41, 5.74) is 1.24. The summed E-state index contributed by atoms with van der Waals surface area (Å²) < 4.78 is 5.26. The van der Waals surface area contributed by atoms with Crippen molar-refractivity contribution in [3.05, 3.63) is 52.9 Å². The number of nitrogens with one attached hydrogen (secondary N) is 2. The zero-order chi connectivity index (χ0) is 13.8. The maximum Gasteiger partial charge on any atom is 0.254 e. The third-order valence-corrected chi connectivity index (χ3v) is 3.05. The molecule has 0 aliphatic rings. The van der Waals surface area contributed by atoms with Gasteiger partial charge in [-0.3, -0.25) is 4.79 Å². The monoisotopic (exact) mass is 278 g/mol. The minimum Gasteiger partial charge on any atom is -0.467 e. The molecule has 100 valence electrons. The second kappa shape index (κ2) is 5.80. The van der Waals surface area contributed by atoms with Crippen molar-refractivity contribution >= 4 is 23.2 Å². The van der Waals surface area contributed by atoms with E-state index in [-0.39, 0.29) is 11.9 Å². The van der Waals surface area contributed by atoms with E-state index in [9.17, 15) is 4.79 Å². The number of hydrogen-bond donors (Lipinski definition) is 2. The van der Waals surface area contributed by atoms with Gasteiger partial charge in [-0.05, 0) is 37.3 Å². The lowest BCUT2D eigenvalue weighted by Crippen LogP contribution is -2.27. The number of carbonyl (C=O) groups is 1. The molecule has 0 saturated heterocycles. The Balaban J connectivity index is 2.18. The lowest BCUT2D eigenvalue weighted by Gasteiger charge is -2.14. The summed E-state index contributed by atoms with van der Waals surface area (Å²) in [5, 5.41) is 6.36. The number of carbonyl (C=O) groups excluding carboxylic acids is 1. The number of furan rings is 1. The van der Waals surface area contributed by atoms with Crippen molar-refractivity contribution < 1.29 is 9.21 Å². The number of rotatable bonds is 4. The molecule has 1 aromatic carbocycles. The van der Waals surface area contributed by atoms with Crippen LogP contribution in [0.5, 0.6) is 0 Å². The van der Waals surface area contributed by atoms with E-state index in [1.165, 1.54) is 0 Å². The SMILES string of the molecule is CNc1ccc(Cl)cc1C(=O)NC(C)c1ccco1. The molecule has 19 heavy (non-hydrogen) atoms. The van der Waals surface area contributed by atoms with Gasteiger partial charge < -0.3 is 15.1 Å². The molecule has 1 unspecified atom stereocenters. The van der Waals surface area contributed by atoms with E-state index in [0.717, 1.165) is 5.69 Å². The van der Waals surface area contributed by atoms with Gasteiger partial charge in [-0.25, -0.2) is 0 Å². The van der Waals surface area contributed by atoms with Crippen molar-refractivity contribution in [1.82, 2.24) is 5.32 Å². The fourth-order valence-corrected chi connectivity index (χ4v) is 1.98. The summed E-state index contributed by atoms with van der Waals surface area (Å²) >= 11 is 5.93. The highest BCUT2D eigenvalue weighted by Crippen LogP contribution is 2.21. The van der Waals surface area contributed by atoms with Crippen LogP contribution in [0.1, 0.15) is 29.1 Å². The predicted molar refractivity (Wildman–Crippen MR) is 75.6 cm³/mol. The Bertz CT molecular complexity index is 567. The normalized spacial score (nSPS) is 11.9. The van der Waals surface area contributed by atoms with Crippen LogP contribution in [-0.4, -0.2) is 13.0 Å². The Kier molecular flexibility index (Phi) is 4.12. The smallest absolute Gasteiger partial charge is 0.254 e. The average molecular weight is 279 g/mol. The summed E-state index contributed by atoms with van der Waals surface area (Å²) in [4.78, 5) is 12.2. The van der Waals surface area contributed by atoms with Crippen LogP contribution in [0, 0.1) is 0 Å². The molecular weight excluding hydrogens is 264 g/mol. The van der Waals surface area contributed by atoms with E-state index in [4.69, 9.17) is 16.0 Å². The van der Waals surface area contributed by atoms with Gasteiger partial charge in [-0.1, -0.05) is 11.6 Å². The van der Waals surface area contributed by atoms with Gasteiger partial charge in [0.2, 0.25) is 0 Å². The first-order valence-corrected chi connectivity index (χ1v) is 6.31. The Morgan fingerprint density at radius 1 is 1.37 bits per heavy atom. The van der Waals surface area contributed by atoms with Gasteiger partial charge in [0.05, 0.1) is 17.9 Å². The molecule has 0 bridgehead atoms. The lowest BCUT2D eigenvalue weighted by molar-refractivity contribution is 0.0936. The van der Waals surface area contributed by atoms with Gasteiger partial charge in [0, 0.05) is 17.8 Å². The number of halogens is 1. The Morgan fingerprint density at radius 3 is 2.79 bits per heavy atom. The lowest BCUT2D eigenvalue weighted by atomic mass is 10.1. The van der Waals surface area contributed by atoms with E-state index in [1.807, 2.05) is 13.0 Å². The number of hydrogen-bond acceptors (Lipinski definition) is 3. The molecule has 0 saturated carbocycles. The Labute approximate surface area is 116 Å². The molecule has 2 rings (SSSR count). The van der Waals surface area contributed by atoms with Gasteiger partial charge in [0.15, 0.2) is 0 Å². The largest absolute Gasteiger partial charge is 0.467 e. The molecule has 1 atom stereocenters. The first-order valence-electron chi connectivity index (χ1n) is 5.93. The van der Waals surface area contributed by atoms with Crippen LogP contribution in [0.3, 0.4) is 0 Å². The van der Waals surface area contributed by atoms with Crippen LogP contribution in [0.2, 0.25) is 5.02 Å². The van der Waals surface area contributed by atoms with Crippen LogP contribution >= 0.6 is 11.6 Å². The van der Waals surface area contributed by atoms with E-state index >= 15 is 0 Å². The zero-order valence-electron chi connectivity index (χ0n) is 10.7. The Morgan fingerprint density at radius 2 is 2.16 bits per heavy atom. The Hall–Kier alpha value is -1.94. The summed E-state index contributed by atoms with van der Waals surface area (Å²) in [6, 6.07) is 8.55. The van der Waals surface area contributed by atoms with Gasteiger partial charge in [-0.2, -0.15) is 0 Å². The highest BCUT2D eigenvalue weighted by molar-refractivity contribution is 6.31. The molecule has 2 N–H and O–H groups in total. The van der Waals surface area contributed by atoms with Crippen LogP contribution < -0.4 is 10.6 Å². The second-order valence-corrected chi connectivity index (χ2v) is 4.59. The van der Waals surface area contributed by atoms with Crippen molar-refractivity contribution in [2.45, 2.75) is 13.0 Å². The second-order valence-electron chi connectivity index (χ2n) is 4.15. The third-order valence-electron chi connectivity index (χ3n) is 2.81. The van der Waals surface area contributed by atoms with Crippen molar-refractivity contribution in [2.24, 2.45) is 0 Å². The maximum absolute atomic E-state index is 12.2. The van der Waals surface area contributed by atoms with E-state index in [2.05, 4.69) is 10.6 Å². The van der Waals surface area contributed by atoms with Crippen molar-refractivity contribution in [3.8, 4) is 0 Å². The molecule has 4 nitrogen and oxygen atoms in total. The molecule has 1 aromatic heterocycles. The van der Waals surface area contributed by atoms with E-state index < -0.39 is 0 Å². The minimum absolute atomic E-state index is 0.198. The maximum atomic E-state index is 12.2. The fraction of sp³-hybridized carbons (Fsp3) is 0.214. The molecule has 0 fully saturated rings. The molecule has 5 heteroatoms. The summed E-state index contributed by atoms with van der Waals surface area (Å²) in [6.07, 6.45) is 1.58. The third kappa shape index (κ3) is 3.09. The zero-order valence-corrected chi connectivity index (χ0v) is 11.5. The van der Waals surface area contributed by atoms with Crippen molar-refractivity contribution in [1.29, 1.82) is 0 Å². The molecule has 1 heterocycles. The molecule has 0 aliphatic carbocycles. The molecule has 0 radical (unpaired) electrons. The van der Waals surface area contributed by atoms with Crippen molar-refractivity contribution in [2.75, 3.05) is 12.4 Å². The summed E-state index contributed by atoms with van der Waals surface area (Å²) in [7, 11) is 1.76. The first-order chi connectivity index (χ1) is 9.11. The molecule has 2 aromatic rings. The van der Waals surface area contributed by atoms with E-state index in [0.29, 0.717) is 16.3 Å². The van der Waals surface area contributed by atoms with E-state index in [1.54, 1.807) is 37.6 Å². The standard InChI is InChI=1S/C14H15ClN2O2/c1-9(13-4-3-7-19-13)17-14(18)11-8-10(15)5-6-12(11)16-2/h3-9,16H,1-2H3,(H,17,18). The topological polar surface area (TPSA) is 54.3 Å². The number of anilines is 1. The molecule has 0 spiro atoms. The van der Waals surface area contributed by atoms with Crippen LogP contribution in [0.4, 0.5) is 5.69 Å². The summed E-state index contributed by atoms with van der Waals surface area (Å²) in [5.74, 6) is 0.511. The molecule has 0 aliphatic heterocycles. The highest BCUT2D eigenvalue weighted by atomic mass is 35.5. The highest BCUT2D eigenvalue weighted by Gasteiger charge is 2.16. The van der Waals surface area contributed by atoms with Gasteiger partial charge in [0.1, 0.15) is 5.76 Å². The fourth-order valence-electron chi connectivity index (χ4n) is 1.81. The van der Waals surface area contributed by atoms with Gasteiger partial charge >= 0.3 is 0 Å². The number of amides is 1. The molecular formula is C14H15ClN2O2. The van der Waals surface area contributed by atoms with Gasteiger partial charge in [0.25, 0.3) is 5.91 Å². The van der Waals surface area contributed by atoms with Crippen LogP contribution in [-0.2, 0) is 0 Å². The quantitative estimate of drug-likeness (QED) is 0.900. The van der Waals surface area contributed by atoms with Gasteiger partial charge in [-0.15, -0.1) is 0 Å². The average Bonchev–Trinajstić information content (AvgIpc) is 2.92. The number of benzene rings is 1. The minimum atomic E-state index is -0.203. The molecule has 1 amide bonds.